The summed E-state index contributed by atoms with van der Waals surface area (Å²) in [5.41, 5.74) is 1.39. The molecule has 0 saturated carbocycles. The van der Waals surface area contributed by atoms with Crippen molar-refractivity contribution in [3.8, 4) is 5.75 Å². The average Bonchev–Trinajstić information content (AvgIpc) is 2.61. The summed E-state index contributed by atoms with van der Waals surface area (Å²) in [7, 11) is 0. The summed E-state index contributed by atoms with van der Waals surface area (Å²) in [6.45, 7) is 2.13. The van der Waals surface area contributed by atoms with Gasteiger partial charge in [-0.05, 0) is 48.9 Å². The van der Waals surface area contributed by atoms with Gasteiger partial charge in [-0.25, -0.2) is 0 Å². The van der Waals surface area contributed by atoms with E-state index in [1.54, 1.807) is 41.7 Å². The van der Waals surface area contributed by atoms with Gasteiger partial charge in [-0.15, -0.1) is 0 Å². The van der Waals surface area contributed by atoms with E-state index >= 15 is 0 Å². The number of benzene rings is 2. The minimum atomic E-state index is -4.91. The van der Waals surface area contributed by atoms with Crippen LogP contribution in [-0.4, -0.2) is 24.6 Å². The summed E-state index contributed by atoms with van der Waals surface area (Å²) in [6.07, 6.45) is -4.91. The minimum absolute atomic E-state index is 0.258. The van der Waals surface area contributed by atoms with Crippen molar-refractivity contribution in [2.75, 3.05) is 11.9 Å². The summed E-state index contributed by atoms with van der Waals surface area (Å²) in [5.74, 6) is -1.66. The Labute approximate surface area is 148 Å². The predicted octanol–water partition coefficient (Wildman–Crippen LogP) is 3.52. The molecule has 26 heavy (non-hydrogen) atoms. The van der Waals surface area contributed by atoms with Crippen LogP contribution in [0.25, 0.3) is 0 Å². The second-order valence-electron chi connectivity index (χ2n) is 5.29. The molecule has 0 spiro atoms. The molecule has 0 heterocycles. The SMILES string of the molecule is CCOc1ccc(C(=O)Nc2ccc(CNC(=O)C(F)(F)F)cc2)cc1. The number of rotatable bonds is 6. The first kappa shape index (κ1) is 19.3. The molecule has 0 unspecified atom stereocenters. The second-order valence-corrected chi connectivity index (χ2v) is 5.29. The summed E-state index contributed by atoms with van der Waals surface area (Å²) in [5, 5.41) is 4.46. The van der Waals surface area contributed by atoms with E-state index in [1.165, 1.54) is 12.1 Å². The maximum Gasteiger partial charge on any atom is 0.471 e. The highest BCUT2D eigenvalue weighted by Crippen LogP contribution is 2.16. The minimum Gasteiger partial charge on any atom is -0.494 e. The number of hydrogen-bond acceptors (Lipinski definition) is 3. The van der Waals surface area contributed by atoms with Crippen molar-refractivity contribution in [1.29, 1.82) is 0 Å². The number of amides is 2. The van der Waals surface area contributed by atoms with E-state index in [-0.39, 0.29) is 12.5 Å². The Balaban J connectivity index is 1.92. The number of ether oxygens (including phenoxy) is 1. The van der Waals surface area contributed by atoms with Crippen molar-refractivity contribution in [1.82, 2.24) is 5.32 Å². The molecule has 0 atom stereocenters. The van der Waals surface area contributed by atoms with Crippen molar-refractivity contribution in [3.05, 3.63) is 59.7 Å². The fourth-order valence-electron chi connectivity index (χ4n) is 2.06. The predicted molar refractivity (Wildman–Crippen MR) is 89.9 cm³/mol. The molecule has 0 saturated heterocycles. The molecule has 2 aromatic carbocycles. The van der Waals surface area contributed by atoms with E-state index in [2.05, 4.69) is 5.32 Å². The van der Waals surface area contributed by atoms with Gasteiger partial charge in [0.2, 0.25) is 0 Å². The van der Waals surface area contributed by atoms with Gasteiger partial charge in [-0.1, -0.05) is 12.1 Å². The Kier molecular flexibility index (Phi) is 6.21. The Hall–Kier alpha value is -3.03. The highest BCUT2D eigenvalue weighted by molar-refractivity contribution is 6.04. The zero-order chi connectivity index (χ0) is 19.2. The lowest BCUT2D eigenvalue weighted by atomic mass is 10.1. The Bertz CT molecular complexity index is 757. The fraction of sp³-hybridized carbons (Fsp3) is 0.222. The van der Waals surface area contributed by atoms with Gasteiger partial charge in [0.05, 0.1) is 6.61 Å². The third kappa shape index (κ3) is 5.51. The van der Waals surface area contributed by atoms with Gasteiger partial charge in [0.25, 0.3) is 5.91 Å². The van der Waals surface area contributed by atoms with Gasteiger partial charge in [0, 0.05) is 17.8 Å². The van der Waals surface area contributed by atoms with Crippen LogP contribution in [0.2, 0.25) is 0 Å². The van der Waals surface area contributed by atoms with E-state index in [9.17, 15) is 22.8 Å². The average molecular weight is 366 g/mol. The number of carbonyl (C=O) groups is 2. The standard InChI is InChI=1S/C18H17F3N2O3/c1-2-26-15-9-5-13(6-10-15)16(24)23-14-7-3-12(4-8-14)11-22-17(25)18(19,20)21/h3-10H,2,11H2,1H3,(H,22,25)(H,23,24). The third-order valence-corrected chi connectivity index (χ3v) is 3.35. The molecular weight excluding hydrogens is 349 g/mol. The van der Waals surface area contributed by atoms with Crippen molar-refractivity contribution in [2.45, 2.75) is 19.6 Å². The third-order valence-electron chi connectivity index (χ3n) is 3.35. The summed E-state index contributed by atoms with van der Waals surface area (Å²) >= 11 is 0. The number of hydrogen-bond donors (Lipinski definition) is 2. The number of halogens is 3. The molecule has 0 bridgehead atoms. The van der Waals surface area contributed by atoms with Gasteiger partial charge < -0.3 is 15.4 Å². The largest absolute Gasteiger partial charge is 0.494 e. The van der Waals surface area contributed by atoms with Gasteiger partial charge >= 0.3 is 12.1 Å². The highest BCUT2D eigenvalue weighted by Gasteiger charge is 2.38. The van der Waals surface area contributed by atoms with E-state index in [1.807, 2.05) is 6.92 Å². The van der Waals surface area contributed by atoms with Crippen LogP contribution in [0.3, 0.4) is 0 Å². The quantitative estimate of drug-likeness (QED) is 0.822. The first-order valence-electron chi connectivity index (χ1n) is 7.77. The van der Waals surface area contributed by atoms with E-state index < -0.39 is 12.1 Å². The monoisotopic (exact) mass is 366 g/mol. The number of alkyl halides is 3. The molecule has 138 valence electrons. The Morgan fingerprint density at radius 3 is 2.15 bits per heavy atom. The van der Waals surface area contributed by atoms with Crippen LogP contribution in [0.1, 0.15) is 22.8 Å². The number of anilines is 1. The molecule has 0 aromatic heterocycles. The van der Waals surface area contributed by atoms with E-state index in [0.717, 1.165) is 0 Å². The topological polar surface area (TPSA) is 67.4 Å². The first-order chi connectivity index (χ1) is 12.3. The van der Waals surface area contributed by atoms with Crippen molar-refractivity contribution < 1.29 is 27.5 Å². The van der Waals surface area contributed by atoms with Crippen molar-refractivity contribution in [2.24, 2.45) is 0 Å². The van der Waals surface area contributed by atoms with Crippen molar-refractivity contribution >= 4 is 17.5 Å². The molecule has 2 N–H and O–H groups in total. The lowest BCUT2D eigenvalue weighted by Crippen LogP contribution is -2.36. The molecule has 0 fully saturated rings. The van der Waals surface area contributed by atoms with E-state index in [4.69, 9.17) is 4.74 Å². The molecule has 0 radical (unpaired) electrons. The van der Waals surface area contributed by atoms with Gasteiger partial charge in [-0.2, -0.15) is 13.2 Å². The zero-order valence-electron chi connectivity index (χ0n) is 13.9. The Morgan fingerprint density at radius 1 is 1.00 bits per heavy atom. The Morgan fingerprint density at radius 2 is 1.62 bits per heavy atom. The highest BCUT2D eigenvalue weighted by atomic mass is 19.4. The van der Waals surface area contributed by atoms with Crippen LogP contribution in [0.15, 0.2) is 48.5 Å². The maximum atomic E-state index is 12.2. The van der Waals surface area contributed by atoms with Crippen LogP contribution in [0.5, 0.6) is 5.75 Å². The first-order valence-corrected chi connectivity index (χ1v) is 7.77. The van der Waals surface area contributed by atoms with Gasteiger partial charge in [-0.3, -0.25) is 9.59 Å². The molecule has 2 rings (SSSR count). The lowest BCUT2D eigenvalue weighted by molar-refractivity contribution is -0.173. The number of nitrogens with one attached hydrogen (secondary N) is 2. The zero-order valence-corrected chi connectivity index (χ0v) is 13.9. The lowest BCUT2D eigenvalue weighted by Gasteiger charge is -2.09. The van der Waals surface area contributed by atoms with Crippen LogP contribution >= 0.6 is 0 Å². The molecule has 0 aliphatic heterocycles. The van der Waals surface area contributed by atoms with Gasteiger partial charge in [0.15, 0.2) is 0 Å². The van der Waals surface area contributed by atoms with Gasteiger partial charge in [0.1, 0.15) is 5.75 Å². The smallest absolute Gasteiger partial charge is 0.471 e. The molecule has 2 amide bonds. The number of carbonyl (C=O) groups excluding carboxylic acids is 2. The van der Waals surface area contributed by atoms with Crippen molar-refractivity contribution in [3.63, 3.8) is 0 Å². The molecular formula is C18H17F3N2O3. The van der Waals surface area contributed by atoms with Crippen LogP contribution in [0.4, 0.5) is 18.9 Å². The molecule has 8 heteroatoms. The van der Waals surface area contributed by atoms with Crippen LogP contribution in [-0.2, 0) is 11.3 Å². The maximum absolute atomic E-state index is 12.2. The molecule has 0 aliphatic rings. The molecule has 5 nitrogen and oxygen atoms in total. The summed E-state index contributed by atoms with van der Waals surface area (Å²) < 4.78 is 41.7. The summed E-state index contributed by atoms with van der Waals surface area (Å²) in [6, 6.07) is 12.7. The molecule has 0 aliphatic carbocycles. The normalized spacial score (nSPS) is 10.9. The summed E-state index contributed by atoms with van der Waals surface area (Å²) in [4.78, 5) is 22.9. The molecule has 2 aromatic rings. The van der Waals surface area contributed by atoms with Crippen LogP contribution in [0, 0.1) is 0 Å². The second kappa shape index (κ2) is 8.37. The van der Waals surface area contributed by atoms with Crippen LogP contribution < -0.4 is 15.4 Å². The van der Waals surface area contributed by atoms with E-state index in [0.29, 0.717) is 29.2 Å². The fourth-order valence-corrected chi connectivity index (χ4v) is 2.06.